The Morgan fingerprint density at radius 1 is 1.08 bits per heavy atom. The number of rotatable bonds is 19. The first-order valence-electron chi connectivity index (χ1n) is 18.5. The zero-order valence-corrected chi connectivity index (χ0v) is 33.6. The number of carbonyl (C=O) groups is 4. The number of nitrogens with zero attached hydrogens (tertiary/aromatic N) is 3. The van der Waals surface area contributed by atoms with E-state index in [9.17, 15) is 19.2 Å². The molecule has 2 heterocycles. The Labute approximate surface area is 314 Å². The normalized spacial score (nSPS) is 18.9. The Bertz CT molecular complexity index is 1430. The van der Waals surface area contributed by atoms with Crippen LogP contribution in [-0.4, -0.2) is 102 Å². The minimum absolute atomic E-state index is 0.0207. The third-order valence-corrected chi connectivity index (χ3v) is 11.3. The molecule has 290 valence electrons. The van der Waals surface area contributed by atoms with Gasteiger partial charge < -0.3 is 35.6 Å². The summed E-state index contributed by atoms with van der Waals surface area (Å²) in [5.41, 5.74) is 5.97. The molecule has 1 aliphatic heterocycles. The van der Waals surface area contributed by atoms with Crippen LogP contribution in [0.25, 0.3) is 0 Å². The molecule has 1 aromatic carbocycles. The van der Waals surface area contributed by atoms with Gasteiger partial charge in [-0.05, 0) is 50.5 Å². The van der Waals surface area contributed by atoms with Crippen LogP contribution in [0.1, 0.15) is 90.8 Å². The molecule has 0 bridgehead atoms. The average Bonchev–Trinajstić information content (AvgIpc) is 3.83. The van der Waals surface area contributed by atoms with E-state index in [1.165, 1.54) is 11.3 Å². The first-order chi connectivity index (χ1) is 24.5. The fraction of sp³-hybridized carbons (Fsp3) is 0.667. The molecule has 1 unspecified atom stereocenters. The molecule has 13 heteroatoms. The van der Waals surface area contributed by atoms with Gasteiger partial charge in [0.1, 0.15) is 11.0 Å². The van der Waals surface area contributed by atoms with E-state index in [4.69, 9.17) is 15.2 Å². The molecule has 1 aliphatic rings. The third kappa shape index (κ3) is 11.1. The highest BCUT2D eigenvalue weighted by molar-refractivity contribution is 7.09. The molecule has 4 amide bonds. The molecule has 12 nitrogen and oxygen atoms in total. The summed E-state index contributed by atoms with van der Waals surface area (Å²) in [5.74, 6) is -1.76. The SMILES string of the molecule is CC[C@H](C)[C@@H]([C@@H](CC(=O)N1CCCC1[C@H](OC)[C@@H](C)C(=O)N[C@@H](Cc1ccccc1)c1nccs1)OC)N(C)C(=O)[C@@H](NC(=O)C(C)(C)N)C(C)C. The number of nitrogens with one attached hydrogen (secondary N) is 2. The Balaban J connectivity index is 1.78. The van der Waals surface area contributed by atoms with Gasteiger partial charge in [0.25, 0.3) is 0 Å². The van der Waals surface area contributed by atoms with Crippen LogP contribution in [0.3, 0.4) is 0 Å². The maximum absolute atomic E-state index is 14.2. The largest absolute Gasteiger partial charge is 0.379 e. The van der Waals surface area contributed by atoms with E-state index in [0.29, 0.717) is 19.4 Å². The molecule has 4 N–H and O–H groups in total. The second kappa shape index (κ2) is 19.6. The van der Waals surface area contributed by atoms with Gasteiger partial charge in [-0.25, -0.2) is 4.98 Å². The second-order valence-corrected chi connectivity index (χ2v) is 16.1. The smallest absolute Gasteiger partial charge is 0.245 e. The van der Waals surface area contributed by atoms with Crippen LogP contribution in [0.15, 0.2) is 41.9 Å². The number of methoxy groups -OCH3 is 2. The summed E-state index contributed by atoms with van der Waals surface area (Å²) in [6.45, 7) is 13.4. The third-order valence-electron chi connectivity index (χ3n) is 10.4. The molecular weight excluding hydrogens is 681 g/mol. The van der Waals surface area contributed by atoms with Gasteiger partial charge in [0.15, 0.2) is 0 Å². The summed E-state index contributed by atoms with van der Waals surface area (Å²) in [7, 11) is 4.86. The summed E-state index contributed by atoms with van der Waals surface area (Å²) in [6.07, 6.45) is 3.42. The molecule has 0 radical (unpaired) electrons. The summed E-state index contributed by atoms with van der Waals surface area (Å²) >= 11 is 1.50. The first-order valence-corrected chi connectivity index (χ1v) is 19.4. The number of likely N-dealkylation sites (tertiary alicyclic amines) is 1. The summed E-state index contributed by atoms with van der Waals surface area (Å²) in [4.78, 5) is 62.8. The molecule has 8 atom stereocenters. The second-order valence-electron chi connectivity index (χ2n) is 15.1. The van der Waals surface area contributed by atoms with Gasteiger partial charge in [0, 0.05) is 39.4 Å². The number of thiazole rings is 1. The van der Waals surface area contributed by atoms with Crippen molar-refractivity contribution in [1.82, 2.24) is 25.4 Å². The van der Waals surface area contributed by atoms with Crippen molar-refractivity contribution in [3.63, 3.8) is 0 Å². The Hall–Kier alpha value is -3.39. The van der Waals surface area contributed by atoms with Gasteiger partial charge in [-0.3, -0.25) is 19.2 Å². The predicted octanol–water partition coefficient (Wildman–Crippen LogP) is 4.34. The van der Waals surface area contributed by atoms with E-state index in [1.54, 1.807) is 46.2 Å². The highest BCUT2D eigenvalue weighted by Crippen LogP contribution is 2.30. The number of aromatic nitrogens is 1. The number of benzene rings is 1. The number of nitrogens with two attached hydrogens (primary N) is 1. The molecular formula is C39H62N6O6S. The Morgan fingerprint density at radius 3 is 2.29 bits per heavy atom. The lowest BCUT2D eigenvalue weighted by Crippen LogP contribution is -2.60. The van der Waals surface area contributed by atoms with E-state index in [2.05, 4.69) is 15.6 Å². The van der Waals surface area contributed by atoms with Crippen LogP contribution < -0.4 is 16.4 Å². The fourth-order valence-corrected chi connectivity index (χ4v) is 7.82. The summed E-state index contributed by atoms with van der Waals surface area (Å²) < 4.78 is 12.0. The van der Waals surface area contributed by atoms with Gasteiger partial charge in [-0.1, -0.05) is 71.4 Å². The molecule has 2 aromatic rings. The summed E-state index contributed by atoms with van der Waals surface area (Å²) in [5, 5.41) is 8.79. The van der Waals surface area contributed by atoms with Crippen molar-refractivity contribution in [1.29, 1.82) is 0 Å². The zero-order chi connectivity index (χ0) is 38.7. The van der Waals surface area contributed by atoms with Crippen molar-refractivity contribution < 1.29 is 28.7 Å². The lowest BCUT2D eigenvalue weighted by Gasteiger charge is -2.41. The average molecular weight is 743 g/mol. The van der Waals surface area contributed by atoms with E-state index in [-0.39, 0.29) is 48.1 Å². The highest BCUT2D eigenvalue weighted by atomic mass is 32.1. The van der Waals surface area contributed by atoms with Crippen LogP contribution in [0.4, 0.5) is 0 Å². The first kappa shape index (κ1) is 43.0. The maximum atomic E-state index is 14.2. The van der Waals surface area contributed by atoms with Gasteiger partial charge >= 0.3 is 0 Å². The van der Waals surface area contributed by atoms with Crippen LogP contribution in [0.5, 0.6) is 0 Å². The minimum Gasteiger partial charge on any atom is -0.379 e. The van der Waals surface area contributed by atoms with Crippen LogP contribution >= 0.6 is 11.3 Å². The van der Waals surface area contributed by atoms with Gasteiger partial charge in [-0.2, -0.15) is 0 Å². The lowest BCUT2D eigenvalue weighted by atomic mass is 9.89. The zero-order valence-electron chi connectivity index (χ0n) is 32.8. The molecule has 0 spiro atoms. The standard InChI is InChI=1S/C39H62N6O6S/c1-11-25(4)33(44(8)37(48)32(24(2)3)43-38(49)39(6,7)40)30(50-9)23-31(46)45-20-15-18-29(45)34(51-10)26(5)35(47)42-28(36-41-19-21-52-36)22-27-16-13-12-14-17-27/h12-14,16-17,19,21,24-26,28-30,32-34H,11,15,18,20,22-23,40H2,1-10H3,(H,42,47)(H,43,49)/t25-,26+,28-,29?,30+,32-,33-,34+/m0/s1. The van der Waals surface area contributed by atoms with Crippen molar-refractivity contribution in [2.75, 3.05) is 27.8 Å². The Morgan fingerprint density at radius 2 is 1.75 bits per heavy atom. The predicted molar refractivity (Wildman–Crippen MR) is 204 cm³/mol. The van der Waals surface area contributed by atoms with E-state index < -0.39 is 41.7 Å². The van der Waals surface area contributed by atoms with Crippen molar-refractivity contribution in [3.05, 3.63) is 52.5 Å². The topological polar surface area (TPSA) is 156 Å². The van der Waals surface area contributed by atoms with Gasteiger partial charge in [-0.15, -0.1) is 11.3 Å². The minimum atomic E-state index is -1.15. The molecule has 0 saturated carbocycles. The molecule has 52 heavy (non-hydrogen) atoms. The number of hydrogen-bond donors (Lipinski definition) is 3. The van der Waals surface area contributed by atoms with Crippen LogP contribution in [-0.2, 0) is 35.1 Å². The number of hydrogen-bond acceptors (Lipinski definition) is 9. The van der Waals surface area contributed by atoms with Crippen LogP contribution in [0.2, 0.25) is 0 Å². The van der Waals surface area contributed by atoms with Crippen molar-refractivity contribution in [2.45, 2.75) is 122 Å². The van der Waals surface area contributed by atoms with Gasteiger partial charge in [0.2, 0.25) is 23.6 Å². The monoisotopic (exact) mass is 742 g/mol. The summed E-state index contributed by atoms with van der Waals surface area (Å²) in [6, 6.07) is 8.11. The highest BCUT2D eigenvalue weighted by Gasteiger charge is 2.43. The molecule has 1 saturated heterocycles. The number of ether oxygens (including phenoxy) is 2. The number of carbonyl (C=O) groups excluding carboxylic acids is 4. The molecule has 0 aliphatic carbocycles. The van der Waals surface area contributed by atoms with E-state index in [0.717, 1.165) is 23.4 Å². The van der Waals surface area contributed by atoms with Crippen LogP contribution in [0, 0.1) is 17.8 Å². The molecule has 1 aromatic heterocycles. The van der Waals surface area contributed by atoms with E-state index >= 15 is 0 Å². The van der Waals surface area contributed by atoms with Crippen molar-refractivity contribution in [3.8, 4) is 0 Å². The van der Waals surface area contributed by atoms with E-state index in [1.807, 2.05) is 75.2 Å². The number of likely N-dealkylation sites (N-methyl/N-ethyl adjacent to an activating group) is 1. The van der Waals surface area contributed by atoms with Crippen molar-refractivity contribution >= 4 is 35.0 Å². The quantitative estimate of drug-likeness (QED) is 0.192. The Kier molecular flexibility index (Phi) is 16.2. The van der Waals surface area contributed by atoms with Crippen molar-refractivity contribution in [2.24, 2.45) is 23.5 Å². The maximum Gasteiger partial charge on any atom is 0.245 e. The number of amides is 4. The lowest BCUT2D eigenvalue weighted by molar-refractivity contribution is -0.148. The fourth-order valence-electron chi connectivity index (χ4n) is 7.13. The molecule has 3 rings (SSSR count). The molecule has 1 fully saturated rings. The van der Waals surface area contributed by atoms with Gasteiger partial charge in [0.05, 0.1) is 48.2 Å².